The van der Waals surface area contributed by atoms with E-state index in [2.05, 4.69) is 20.5 Å². The first-order valence-electron chi connectivity index (χ1n) is 6.45. The Kier molecular flexibility index (Phi) is 3.41. The van der Waals surface area contributed by atoms with Gasteiger partial charge in [-0.3, -0.25) is 14.9 Å². The molecular weight excluding hydrogens is 252 g/mol. The SMILES string of the molecule is O=C(NCCc1ccccn1)c1cccc2cn[nH]c12. The van der Waals surface area contributed by atoms with Gasteiger partial charge < -0.3 is 5.32 Å². The molecule has 0 aliphatic heterocycles. The maximum Gasteiger partial charge on any atom is 0.253 e. The van der Waals surface area contributed by atoms with E-state index in [1.165, 1.54) is 0 Å². The fourth-order valence-corrected chi connectivity index (χ4v) is 2.10. The van der Waals surface area contributed by atoms with Gasteiger partial charge >= 0.3 is 0 Å². The third-order valence-electron chi connectivity index (χ3n) is 3.11. The van der Waals surface area contributed by atoms with E-state index in [9.17, 15) is 4.79 Å². The van der Waals surface area contributed by atoms with Gasteiger partial charge in [0.05, 0.1) is 17.3 Å². The number of benzene rings is 1. The van der Waals surface area contributed by atoms with Crippen LogP contribution in [0, 0.1) is 0 Å². The van der Waals surface area contributed by atoms with E-state index in [-0.39, 0.29) is 5.91 Å². The smallest absolute Gasteiger partial charge is 0.253 e. The zero-order valence-electron chi connectivity index (χ0n) is 10.8. The zero-order valence-corrected chi connectivity index (χ0v) is 10.8. The molecule has 100 valence electrons. The van der Waals surface area contributed by atoms with Crippen LogP contribution in [-0.4, -0.2) is 27.6 Å². The number of carbonyl (C=O) groups is 1. The second kappa shape index (κ2) is 5.52. The van der Waals surface area contributed by atoms with Crippen LogP contribution in [-0.2, 0) is 6.42 Å². The summed E-state index contributed by atoms with van der Waals surface area (Å²) in [6, 6.07) is 11.3. The molecule has 5 heteroatoms. The van der Waals surface area contributed by atoms with Crippen molar-refractivity contribution < 1.29 is 4.79 Å². The molecule has 2 N–H and O–H groups in total. The fourth-order valence-electron chi connectivity index (χ4n) is 2.10. The standard InChI is InChI=1S/C15H14N4O/c20-15(17-9-7-12-5-1-2-8-16-12)13-6-3-4-11-10-18-19-14(11)13/h1-6,8,10H,7,9H2,(H,17,20)(H,18,19). The van der Waals surface area contributed by atoms with Gasteiger partial charge in [-0.05, 0) is 18.2 Å². The molecule has 2 aromatic heterocycles. The summed E-state index contributed by atoms with van der Waals surface area (Å²) in [6.07, 6.45) is 4.17. The molecule has 20 heavy (non-hydrogen) atoms. The summed E-state index contributed by atoms with van der Waals surface area (Å²) in [5, 5.41) is 10.6. The van der Waals surface area contributed by atoms with Crippen LogP contribution < -0.4 is 5.32 Å². The van der Waals surface area contributed by atoms with Crippen LogP contribution in [0.1, 0.15) is 16.1 Å². The average Bonchev–Trinajstić information content (AvgIpc) is 2.96. The van der Waals surface area contributed by atoms with Crippen molar-refractivity contribution in [2.24, 2.45) is 0 Å². The third kappa shape index (κ3) is 2.51. The van der Waals surface area contributed by atoms with Gasteiger partial charge in [0, 0.05) is 30.2 Å². The maximum atomic E-state index is 12.2. The highest BCUT2D eigenvalue weighted by atomic mass is 16.1. The number of amides is 1. The van der Waals surface area contributed by atoms with Crippen molar-refractivity contribution in [2.45, 2.75) is 6.42 Å². The van der Waals surface area contributed by atoms with Crippen molar-refractivity contribution in [3.05, 3.63) is 60.0 Å². The number of fused-ring (bicyclic) bond motifs is 1. The zero-order chi connectivity index (χ0) is 13.8. The molecule has 1 aromatic carbocycles. The summed E-state index contributed by atoms with van der Waals surface area (Å²) in [5.41, 5.74) is 2.34. The van der Waals surface area contributed by atoms with Crippen molar-refractivity contribution in [1.29, 1.82) is 0 Å². The van der Waals surface area contributed by atoms with Gasteiger partial charge in [-0.25, -0.2) is 0 Å². The molecule has 0 radical (unpaired) electrons. The molecule has 0 bridgehead atoms. The van der Waals surface area contributed by atoms with E-state index in [1.54, 1.807) is 18.5 Å². The van der Waals surface area contributed by atoms with Gasteiger partial charge in [0.2, 0.25) is 0 Å². The molecule has 0 fully saturated rings. The fraction of sp³-hybridized carbons (Fsp3) is 0.133. The van der Waals surface area contributed by atoms with E-state index in [0.29, 0.717) is 18.5 Å². The molecule has 3 rings (SSSR count). The van der Waals surface area contributed by atoms with Crippen LogP contribution in [0.25, 0.3) is 10.9 Å². The van der Waals surface area contributed by atoms with Crippen LogP contribution in [0.15, 0.2) is 48.8 Å². The summed E-state index contributed by atoms with van der Waals surface area (Å²) in [6.45, 7) is 0.556. The molecule has 5 nitrogen and oxygen atoms in total. The Balaban J connectivity index is 1.66. The Bertz CT molecular complexity index is 721. The normalized spacial score (nSPS) is 10.6. The molecule has 2 heterocycles. The molecule has 0 spiro atoms. The molecule has 1 amide bonds. The topological polar surface area (TPSA) is 70.7 Å². The summed E-state index contributed by atoms with van der Waals surface area (Å²) >= 11 is 0. The Labute approximate surface area is 116 Å². The summed E-state index contributed by atoms with van der Waals surface area (Å²) in [7, 11) is 0. The van der Waals surface area contributed by atoms with Gasteiger partial charge in [-0.1, -0.05) is 18.2 Å². The number of hydrogen-bond donors (Lipinski definition) is 2. The first-order valence-corrected chi connectivity index (χ1v) is 6.45. The number of aromatic nitrogens is 3. The lowest BCUT2D eigenvalue weighted by Gasteiger charge is -2.05. The highest BCUT2D eigenvalue weighted by Gasteiger charge is 2.10. The Morgan fingerprint density at radius 2 is 2.15 bits per heavy atom. The highest BCUT2D eigenvalue weighted by molar-refractivity contribution is 6.05. The van der Waals surface area contributed by atoms with Crippen molar-refractivity contribution in [3.8, 4) is 0 Å². The Hall–Kier alpha value is -2.69. The first kappa shape index (κ1) is 12.3. The predicted molar refractivity (Wildman–Crippen MR) is 76.4 cm³/mol. The van der Waals surface area contributed by atoms with Crippen LogP contribution >= 0.6 is 0 Å². The largest absolute Gasteiger partial charge is 0.352 e. The van der Waals surface area contributed by atoms with Gasteiger partial charge in [-0.2, -0.15) is 5.10 Å². The van der Waals surface area contributed by atoms with Crippen LogP contribution in [0.4, 0.5) is 0 Å². The van der Waals surface area contributed by atoms with E-state index in [0.717, 1.165) is 16.6 Å². The minimum absolute atomic E-state index is 0.101. The molecular formula is C15H14N4O. The second-order valence-electron chi connectivity index (χ2n) is 4.47. The summed E-state index contributed by atoms with van der Waals surface area (Å²) in [5.74, 6) is -0.101. The number of pyridine rings is 1. The highest BCUT2D eigenvalue weighted by Crippen LogP contribution is 2.15. The quantitative estimate of drug-likeness (QED) is 0.758. The number of hydrogen-bond acceptors (Lipinski definition) is 3. The lowest BCUT2D eigenvalue weighted by molar-refractivity contribution is 0.0955. The van der Waals surface area contributed by atoms with Crippen molar-refractivity contribution in [2.75, 3.05) is 6.54 Å². The Morgan fingerprint density at radius 1 is 1.20 bits per heavy atom. The van der Waals surface area contributed by atoms with Gasteiger partial charge in [0.25, 0.3) is 5.91 Å². The number of H-pyrrole nitrogens is 1. The van der Waals surface area contributed by atoms with Gasteiger partial charge in [0.15, 0.2) is 0 Å². The molecule has 0 aliphatic rings. The number of nitrogens with one attached hydrogen (secondary N) is 2. The predicted octanol–water partition coefficient (Wildman–Crippen LogP) is 1.93. The Morgan fingerprint density at radius 3 is 3.00 bits per heavy atom. The van der Waals surface area contributed by atoms with Gasteiger partial charge in [0.1, 0.15) is 0 Å². The average molecular weight is 266 g/mol. The third-order valence-corrected chi connectivity index (χ3v) is 3.11. The maximum absolute atomic E-state index is 12.2. The molecule has 0 saturated heterocycles. The van der Waals surface area contributed by atoms with E-state index < -0.39 is 0 Å². The first-order chi connectivity index (χ1) is 9.84. The minimum atomic E-state index is -0.101. The lowest BCUT2D eigenvalue weighted by atomic mass is 10.1. The molecule has 0 saturated carbocycles. The monoisotopic (exact) mass is 266 g/mol. The number of aromatic amines is 1. The van der Waals surface area contributed by atoms with Crippen molar-refractivity contribution in [3.63, 3.8) is 0 Å². The van der Waals surface area contributed by atoms with Gasteiger partial charge in [-0.15, -0.1) is 0 Å². The minimum Gasteiger partial charge on any atom is -0.352 e. The number of nitrogens with zero attached hydrogens (tertiary/aromatic N) is 2. The summed E-state index contributed by atoms with van der Waals surface area (Å²) in [4.78, 5) is 16.4. The van der Waals surface area contributed by atoms with Crippen LogP contribution in [0.2, 0.25) is 0 Å². The molecule has 0 aliphatic carbocycles. The lowest BCUT2D eigenvalue weighted by Crippen LogP contribution is -2.26. The second-order valence-corrected chi connectivity index (χ2v) is 4.47. The van der Waals surface area contributed by atoms with Crippen molar-refractivity contribution >= 4 is 16.8 Å². The van der Waals surface area contributed by atoms with E-state index >= 15 is 0 Å². The van der Waals surface area contributed by atoms with Crippen LogP contribution in [0.5, 0.6) is 0 Å². The molecule has 3 aromatic rings. The van der Waals surface area contributed by atoms with E-state index in [4.69, 9.17) is 0 Å². The number of rotatable bonds is 4. The number of para-hydroxylation sites is 1. The van der Waals surface area contributed by atoms with E-state index in [1.807, 2.05) is 30.3 Å². The molecule has 0 atom stereocenters. The van der Waals surface area contributed by atoms with Crippen LogP contribution in [0.3, 0.4) is 0 Å². The molecule has 0 unspecified atom stereocenters. The summed E-state index contributed by atoms with van der Waals surface area (Å²) < 4.78 is 0. The number of carbonyl (C=O) groups excluding carboxylic acids is 1. The van der Waals surface area contributed by atoms with Crippen molar-refractivity contribution in [1.82, 2.24) is 20.5 Å².